The van der Waals surface area contributed by atoms with E-state index in [1.807, 2.05) is 17.5 Å². The Morgan fingerprint density at radius 2 is 2.05 bits per heavy atom. The van der Waals surface area contributed by atoms with E-state index in [4.69, 9.17) is 0 Å². The maximum Gasteiger partial charge on any atom is 0.134 e. The minimum absolute atomic E-state index is 0.506. The number of nitriles is 1. The van der Waals surface area contributed by atoms with Crippen LogP contribution < -0.4 is 0 Å². The van der Waals surface area contributed by atoms with Crippen LogP contribution in [0, 0.1) is 18.3 Å². The third-order valence-electron chi connectivity index (χ3n) is 2.87. The molecule has 3 rings (SSSR count). The standard InChI is InChI=1S/C15H10N4S2/c1-10-2-4-11(5-3-10)14-9-20-15(17-14)12(7-16)6-13-8-21-19-18-13/h2-6,8-9H,1H3/b12-6-. The lowest BCUT2D eigenvalue weighted by atomic mass is 10.1. The van der Waals surface area contributed by atoms with Crippen molar-refractivity contribution in [2.24, 2.45) is 0 Å². The number of aryl methyl sites for hydroxylation is 1. The lowest BCUT2D eigenvalue weighted by Gasteiger charge is -1.97. The van der Waals surface area contributed by atoms with Crippen molar-refractivity contribution < 1.29 is 0 Å². The van der Waals surface area contributed by atoms with Crippen molar-refractivity contribution in [2.45, 2.75) is 6.92 Å². The first-order valence-electron chi connectivity index (χ1n) is 6.18. The van der Waals surface area contributed by atoms with Crippen LogP contribution in [0.15, 0.2) is 35.0 Å². The molecule has 102 valence electrons. The summed E-state index contributed by atoms with van der Waals surface area (Å²) in [5.74, 6) is 0. The molecule has 21 heavy (non-hydrogen) atoms. The highest BCUT2D eigenvalue weighted by Crippen LogP contribution is 2.27. The van der Waals surface area contributed by atoms with E-state index in [9.17, 15) is 5.26 Å². The van der Waals surface area contributed by atoms with Gasteiger partial charge >= 0.3 is 0 Å². The topological polar surface area (TPSA) is 62.5 Å². The van der Waals surface area contributed by atoms with E-state index in [1.165, 1.54) is 28.4 Å². The second kappa shape index (κ2) is 5.95. The van der Waals surface area contributed by atoms with Gasteiger partial charge in [-0.15, -0.1) is 16.4 Å². The number of benzene rings is 1. The van der Waals surface area contributed by atoms with Gasteiger partial charge in [0.15, 0.2) is 0 Å². The summed E-state index contributed by atoms with van der Waals surface area (Å²) in [5, 5.41) is 17.7. The molecule has 0 saturated heterocycles. The Labute approximate surface area is 130 Å². The molecule has 0 bridgehead atoms. The number of hydrogen-bond acceptors (Lipinski definition) is 6. The molecule has 6 heteroatoms. The highest BCUT2D eigenvalue weighted by Gasteiger charge is 2.09. The molecule has 0 aliphatic rings. The summed E-state index contributed by atoms with van der Waals surface area (Å²) in [6.07, 6.45) is 1.71. The van der Waals surface area contributed by atoms with Crippen molar-refractivity contribution in [3.05, 3.63) is 51.3 Å². The van der Waals surface area contributed by atoms with Gasteiger partial charge in [0.05, 0.1) is 17.0 Å². The molecule has 0 spiro atoms. The van der Waals surface area contributed by atoms with Crippen LogP contribution in [-0.2, 0) is 0 Å². The largest absolute Gasteiger partial charge is 0.235 e. The maximum absolute atomic E-state index is 9.30. The molecule has 3 aromatic rings. The van der Waals surface area contributed by atoms with E-state index < -0.39 is 0 Å². The molecule has 1 aromatic carbocycles. The molecule has 0 saturated carbocycles. The Morgan fingerprint density at radius 3 is 2.71 bits per heavy atom. The summed E-state index contributed by atoms with van der Waals surface area (Å²) in [5.41, 5.74) is 4.33. The summed E-state index contributed by atoms with van der Waals surface area (Å²) in [7, 11) is 0. The third-order valence-corrected chi connectivity index (χ3v) is 4.27. The highest BCUT2D eigenvalue weighted by atomic mass is 32.1. The van der Waals surface area contributed by atoms with Crippen LogP contribution in [0.4, 0.5) is 0 Å². The molecule has 0 atom stereocenters. The normalized spacial score (nSPS) is 11.3. The summed E-state index contributed by atoms with van der Waals surface area (Å²) in [6.45, 7) is 2.05. The molecular weight excluding hydrogens is 300 g/mol. The van der Waals surface area contributed by atoms with Crippen molar-refractivity contribution >= 4 is 34.5 Å². The predicted octanol–water partition coefficient (Wildman–Crippen LogP) is 4.03. The minimum atomic E-state index is 0.506. The minimum Gasteiger partial charge on any atom is -0.235 e. The molecule has 0 aliphatic heterocycles. The first-order valence-corrected chi connectivity index (χ1v) is 7.89. The van der Waals surface area contributed by atoms with Gasteiger partial charge in [0, 0.05) is 16.3 Å². The van der Waals surface area contributed by atoms with Crippen LogP contribution in [-0.4, -0.2) is 14.6 Å². The molecular formula is C15H10N4S2. The third kappa shape index (κ3) is 3.05. The van der Waals surface area contributed by atoms with Crippen LogP contribution in [0.25, 0.3) is 22.9 Å². The van der Waals surface area contributed by atoms with E-state index in [2.05, 4.69) is 39.7 Å². The van der Waals surface area contributed by atoms with Gasteiger partial charge in [0.2, 0.25) is 0 Å². The van der Waals surface area contributed by atoms with Crippen molar-refractivity contribution in [1.29, 1.82) is 5.26 Å². The first kappa shape index (κ1) is 13.6. The monoisotopic (exact) mass is 310 g/mol. The molecule has 2 aromatic heterocycles. The smallest absolute Gasteiger partial charge is 0.134 e. The lowest BCUT2D eigenvalue weighted by Crippen LogP contribution is -1.83. The van der Waals surface area contributed by atoms with E-state index >= 15 is 0 Å². The van der Waals surface area contributed by atoms with Gasteiger partial charge < -0.3 is 0 Å². The summed E-state index contributed by atoms with van der Waals surface area (Å²) < 4.78 is 3.78. The fourth-order valence-corrected chi connectivity index (χ4v) is 2.99. The molecule has 4 nitrogen and oxygen atoms in total. The number of allylic oxidation sites excluding steroid dienone is 1. The molecule has 0 amide bonds. The average molecular weight is 310 g/mol. The van der Waals surface area contributed by atoms with Crippen molar-refractivity contribution in [3.8, 4) is 17.3 Å². The Bertz CT molecular complexity index is 808. The lowest BCUT2D eigenvalue weighted by molar-refractivity contribution is 1.14. The van der Waals surface area contributed by atoms with Crippen molar-refractivity contribution in [2.75, 3.05) is 0 Å². The van der Waals surface area contributed by atoms with Crippen molar-refractivity contribution in [3.63, 3.8) is 0 Å². The van der Waals surface area contributed by atoms with Gasteiger partial charge in [0.1, 0.15) is 11.1 Å². The number of hydrogen-bond donors (Lipinski definition) is 0. The van der Waals surface area contributed by atoms with E-state index in [0.717, 1.165) is 11.3 Å². The summed E-state index contributed by atoms with van der Waals surface area (Å²) >= 11 is 2.71. The van der Waals surface area contributed by atoms with Gasteiger partial charge in [-0.1, -0.05) is 34.3 Å². The van der Waals surface area contributed by atoms with Crippen LogP contribution in [0.3, 0.4) is 0 Å². The number of nitrogens with zero attached hydrogens (tertiary/aromatic N) is 4. The van der Waals surface area contributed by atoms with Crippen LogP contribution >= 0.6 is 22.9 Å². The quantitative estimate of drug-likeness (QED) is 0.685. The summed E-state index contributed by atoms with van der Waals surface area (Å²) in [6, 6.07) is 10.4. The second-order valence-corrected chi connectivity index (χ2v) is 5.87. The molecule has 0 aliphatic carbocycles. The highest BCUT2D eigenvalue weighted by molar-refractivity contribution is 7.11. The van der Waals surface area contributed by atoms with Gasteiger partial charge in [-0.25, -0.2) is 4.98 Å². The molecule has 0 fully saturated rings. The van der Waals surface area contributed by atoms with E-state index in [0.29, 0.717) is 16.3 Å². The molecule has 0 unspecified atom stereocenters. The molecule has 0 radical (unpaired) electrons. The van der Waals surface area contributed by atoms with Crippen LogP contribution in [0.5, 0.6) is 0 Å². The SMILES string of the molecule is Cc1ccc(-c2csc(/C(C#N)=C\c3csnn3)n2)cc1. The zero-order valence-corrected chi connectivity index (χ0v) is 12.8. The summed E-state index contributed by atoms with van der Waals surface area (Å²) in [4.78, 5) is 4.54. The Kier molecular flexibility index (Phi) is 3.86. The Hall–Kier alpha value is -2.36. The van der Waals surface area contributed by atoms with Gasteiger partial charge in [-0.2, -0.15) is 5.26 Å². The zero-order chi connectivity index (χ0) is 14.7. The zero-order valence-electron chi connectivity index (χ0n) is 11.1. The van der Waals surface area contributed by atoms with Crippen LogP contribution in [0.1, 0.15) is 16.3 Å². The van der Waals surface area contributed by atoms with Gasteiger partial charge in [-0.3, -0.25) is 0 Å². The first-order chi connectivity index (χ1) is 10.3. The number of rotatable bonds is 3. The fourth-order valence-electron chi connectivity index (χ4n) is 1.78. The van der Waals surface area contributed by atoms with Crippen molar-refractivity contribution in [1.82, 2.24) is 14.6 Å². The second-order valence-electron chi connectivity index (χ2n) is 4.40. The van der Waals surface area contributed by atoms with E-state index in [1.54, 1.807) is 11.5 Å². The Morgan fingerprint density at radius 1 is 1.24 bits per heavy atom. The number of thiazole rings is 1. The maximum atomic E-state index is 9.30. The fraction of sp³-hybridized carbons (Fsp3) is 0.0667. The average Bonchev–Trinajstić information content (AvgIpc) is 3.17. The van der Waals surface area contributed by atoms with E-state index in [-0.39, 0.29) is 0 Å². The molecule has 2 heterocycles. The Balaban J connectivity index is 1.94. The molecule has 0 N–H and O–H groups in total. The predicted molar refractivity (Wildman–Crippen MR) is 85.7 cm³/mol. The van der Waals surface area contributed by atoms with Crippen LogP contribution in [0.2, 0.25) is 0 Å². The van der Waals surface area contributed by atoms with Gasteiger partial charge in [-0.05, 0) is 24.5 Å². The van der Waals surface area contributed by atoms with Gasteiger partial charge in [0.25, 0.3) is 0 Å². The number of aromatic nitrogens is 3.